The smallest absolute Gasteiger partial charge is 0.247 e. The maximum Gasteiger partial charge on any atom is 0.247 e. The van der Waals surface area contributed by atoms with E-state index in [0.717, 1.165) is 11.1 Å². The highest BCUT2D eigenvalue weighted by molar-refractivity contribution is 6.00. The van der Waals surface area contributed by atoms with Gasteiger partial charge in [0, 0.05) is 11.1 Å². The van der Waals surface area contributed by atoms with Crippen LogP contribution in [0.15, 0.2) is 36.4 Å². The number of halogens is 2. The number of hydrogen-bond acceptors (Lipinski definition) is 3. The van der Waals surface area contributed by atoms with Crippen molar-refractivity contribution in [1.82, 2.24) is 15.5 Å². The molecular formula is C30H37F2N3O3. The average molecular weight is 526 g/mol. The number of rotatable bonds is 6. The Bertz CT molecular complexity index is 1230. The maximum absolute atomic E-state index is 15.5. The molecule has 1 saturated heterocycles. The second kappa shape index (κ2) is 10.5. The van der Waals surface area contributed by atoms with Gasteiger partial charge in [0.05, 0.1) is 0 Å². The highest BCUT2D eigenvalue weighted by Crippen LogP contribution is 2.36. The summed E-state index contributed by atoms with van der Waals surface area (Å²) in [5.74, 6) is -3.98. The van der Waals surface area contributed by atoms with E-state index in [0.29, 0.717) is 12.8 Å². The number of carbonyl (C=O) groups is 3. The first-order chi connectivity index (χ1) is 17.8. The summed E-state index contributed by atoms with van der Waals surface area (Å²) < 4.78 is 30.2. The number of aryl methyl sites for hydroxylation is 1. The van der Waals surface area contributed by atoms with Crippen LogP contribution in [0.4, 0.5) is 8.78 Å². The number of nitrogens with one attached hydrogen (secondary N) is 2. The quantitative estimate of drug-likeness (QED) is 0.588. The van der Waals surface area contributed by atoms with Crippen LogP contribution in [0.25, 0.3) is 0 Å². The molecule has 3 atom stereocenters. The van der Waals surface area contributed by atoms with Crippen molar-refractivity contribution in [3.63, 3.8) is 0 Å². The molecule has 38 heavy (non-hydrogen) atoms. The third kappa shape index (κ3) is 5.45. The Balaban J connectivity index is 1.82. The molecule has 0 bridgehead atoms. The van der Waals surface area contributed by atoms with Gasteiger partial charge in [0.15, 0.2) is 11.6 Å². The van der Waals surface area contributed by atoms with Crippen LogP contribution in [-0.4, -0.2) is 40.2 Å². The molecule has 4 rings (SSSR count). The molecular weight excluding hydrogens is 488 g/mol. The van der Waals surface area contributed by atoms with E-state index in [9.17, 15) is 18.8 Å². The van der Waals surface area contributed by atoms with Gasteiger partial charge in [0.1, 0.15) is 18.1 Å². The molecule has 1 fully saturated rings. The van der Waals surface area contributed by atoms with Gasteiger partial charge in [-0.25, -0.2) is 8.78 Å². The lowest BCUT2D eigenvalue weighted by atomic mass is 9.87. The van der Waals surface area contributed by atoms with Crippen LogP contribution < -0.4 is 10.6 Å². The van der Waals surface area contributed by atoms with Gasteiger partial charge in [-0.1, -0.05) is 50.2 Å². The summed E-state index contributed by atoms with van der Waals surface area (Å²) in [6, 6.07) is 7.21. The molecule has 3 amide bonds. The highest BCUT2D eigenvalue weighted by Gasteiger charge is 2.50. The minimum atomic E-state index is -1.52. The van der Waals surface area contributed by atoms with E-state index in [1.165, 1.54) is 24.0 Å². The second-order valence-electron chi connectivity index (χ2n) is 12.1. The molecule has 6 nitrogen and oxygen atoms in total. The fourth-order valence-corrected chi connectivity index (χ4v) is 5.60. The Labute approximate surface area is 223 Å². The molecule has 1 heterocycles. The zero-order valence-corrected chi connectivity index (χ0v) is 22.9. The second-order valence-corrected chi connectivity index (χ2v) is 12.1. The highest BCUT2D eigenvalue weighted by atomic mass is 19.2. The Morgan fingerprint density at radius 3 is 2.21 bits per heavy atom. The van der Waals surface area contributed by atoms with Gasteiger partial charge in [-0.15, -0.1) is 0 Å². The number of benzene rings is 2. The molecule has 0 saturated carbocycles. The standard InChI is InChI=1S/C30H37F2N3O3/c1-16(2)13-22-27(36)33-25(20-14-18-9-7-8-10-19(18)15-20)29(38)35(22)26(28(37)34-30(4,5)6)21-12-11-17(3)23(31)24(21)32/h7-12,16,20,22,25-26H,13-15H2,1-6H3,(H,33,36)(H,34,37)/t22-,25?,26-/m1/s1. The summed E-state index contributed by atoms with van der Waals surface area (Å²) in [5, 5.41) is 5.76. The van der Waals surface area contributed by atoms with Crippen molar-refractivity contribution in [3.05, 3.63) is 70.3 Å². The van der Waals surface area contributed by atoms with Gasteiger partial charge >= 0.3 is 0 Å². The third-order valence-corrected chi connectivity index (χ3v) is 7.33. The van der Waals surface area contributed by atoms with Crippen LogP contribution in [0.5, 0.6) is 0 Å². The van der Waals surface area contributed by atoms with Gasteiger partial charge in [-0.05, 0) is 75.5 Å². The number of amides is 3. The molecule has 0 spiro atoms. The first kappa shape index (κ1) is 27.7. The first-order valence-corrected chi connectivity index (χ1v) is 13.2. The lowest BCUT2D eigenvalue weighted by Crippen LogP contribution is -2.67. The predicted octanol–water partition coefficient (Wildman–Crippen LogP) is 4.39. The lowest BCUT2D eigenvalue weighted by Gasteiger charge is -2.45. The molecule has 0 radical (unpaired) electrons. The van der Waals surface area contributed by atoms with Crippen LogP contribution in [0.1, 0.15) is 69.3 Å². The van der Waals surface area contributed by atoms with Crippen LogP contribution in [0, 0.1) is 30.4 Å². The summed E-state index contributed by atoms with van der Waals surface area (Å²) in [5.41, 5.74) is 1.34. The largest absolute Gasteiger partial charge is 0.349 e. The van der Waals surface area contributed by atoms with Crippen LogP contribution in [0.3, 0.4) is 0 Å². The van der Waals surface area contributed by atoms with Crippen molar-refractivity contribution >= 4 is 17.7 Å². The van der Waals surface area contributed by atoms with Crippen molar-refractivity contribution in [3.8, 4) is 0 Å². The number of hydrogen-bond donors (Lipinski definition) is 2. The van der Waals surface area contributed by atoms with Gasteiger partial charge in [-0.2, -0.15) is 0 Å². The van der Waals surface area contributed by atoms with E-state index in [2.05, 4.69) is 10.6 Å². The zero-order valence-electron chi connectivity index (χ0n) is 22.9. The van der Waals surface area contributed by atoms with E-state index < -0.39 is 47.1 Å². The molecule has 8 heteroatoms. The summed E-state index contributed by atoms with van der Waals surface area (Å²) in [6.45, 7) is 10.5. The van der Waals surface area contributed by atoms with Crippen LogP contribution >= 0.6 is 0 Å². The molecule has 0 aromatic heterocycles. The summed E-state index contributed by atoms with van der Waals surface area (Å²) in [6.07, 6.45) is 1.47. The van der Waals surface area contributed by atoms with Crippen molar-refractivity contribution < 1.29 is 23.2 Å². The van der Waals surface area contributed by atoms with Gasteiger partial charge in [0.25, 0.3) is 0 Å². The van der Waals surface area contributed by atoms with E-state index in [4.69, 9.17) is 0 Å². The summed E-state index contributed by atoms with van der Waals surface area (Å²) in [4.78, 5) is 42.8. The van der Waals surface area contributed by atoms with Crippen molar-refractivity contribution in [2.75, 3.05) is 0 Å². The lowest BCUT2D eigenvalue weighted by molar-refractivity contribution is -0.158. The molecule has 2 N–H and O–H groups in total. The number of carbonyl (C=O) groups excluding carboxylic acids is 3. The van der Waals surface area contributed by atoms with Gasteiger partial charge in [0.2, 0.25) is 17.7 Å². The minimum Gasteiger partial charge on any atom is -0.349 e. The Morgan fingerprint density at radius 1 is 1.05 bits per heavy atom. The topological polar surface area (TPSA) is 78.5 Å². The molecule has 2 aromatic carbocycles. The van der Waals surface area contributed by atoms with E-state index in [-0.39, 0.29) is 35.3 Å². The maximum atomic E-state index is 15.5. The molecule has 1 aliphatic heterocycles. The van der Waals surface area contributed by atoms with E-state index >= 15 is 4.39 Å². The van der Waals surface area contributed by atoms with Crippen molar-refractivity contribution in [1.29, 1.82) is 0 Å². The fourth-order valence-electron chi connectivity index (χ4n) is 5.60. The molecule has 2 aromatic rings. The van der Waals surface area contributed by atoms with Gasteiger partial charge in [-0.3, -0.25) is 14.4 Å². The number of fused-ring (bicyclic) bond motifs is 1. The Morgan fingerprint density at radius 2 is 1.66 bits per heavy atom. The fraction of sp³-hybridized carbons (Fsp3) is 0.500. The zero-order chi connectivity index (χ0) is 27.9. The van der Waals surface area contributed by atoms with Crippen LogP contribution in [0.2, 0.25) is 0 Å². The van der Waals surface area contributed by atoms with E-state index in [1.807, 2.05) is 38.1 Å². The van der Waals surface area contributed by atoms with Crippen LogP contribution in [-0.2, 0) is 27.2 Å². The normalized spacial score (nSPS) is 20.9. The Hall–Kier alpha value is -3.29. The molecule has 1 unspecified atom stereocenters. The summed E-state index contributed by atoms with van der Waals surface area (Å²) >= 11 is 0. The van der Waals surface area contributed by atoms with Crippen molar-refractivity contribution in [2.45, 2.75) is 84.5 Å². The Kier molecular flexibility index (Phi) is 7.64. The molecule has 1 aliphatic carbocycles. The SMILES string of the molecule is Cc1ccc([C@H](C(=O)NC(C)(C)C)N2C(=O)C(C3Cc4ccccc4C3)NC(=O)[C@H]2CC(C)C)c(F)c1F. The van der Waals surface area contributed by atoms with E-state index in [1.54, 1.807) is 20.8 Å². The summed E-state index contributed by atoms with van der Waals surface area (Å²) in [7, 11) is 0. The molecule has 204 valence electrons. The minimum absolute atomic E-state index is 0.000682. The third-order valence-electron chi connectivity index (χ3n) is 7.33. The average Bonchev–Trinajstić information content (AvgIpc) is 3.25. The predicted molar refractivity (Wildman–Crippen MR) is 141 cm³/mol. The monoisotopic (exact) mass is 525 g/mol. The molecule has 2 aliphatic rings. The van der Waals surface area contributed by atoms with Crippen molar-refractivity contribution in [2.24, 2.45) is 11.8 Å². The number of piperazine rings is 1. The number of nitrogens with zero attached hydrogens (tertiary/aromatic N) is 1. The first-order valence-electron chi connectivity index (χ1n) is 13.2. The van der Waals surface area contributed by atoms with Gasteiger partial charge < -0.3 is 15.5 Å².